The molecule has 6 nitrogen and oxygen atoms in total. The van der Waals surface area contributed by atoms with Crippen molar-refractivity contribution in [3.05, 3.63) is 57.6 Å². The monoisotopic (exact) mass is 403 g/mol. The molecule has 1 aromatic carbocycles. The topological polar surface area (TPSA) is 75.3 Å². The van der Waals surface area contributed by atoms with Gasteiger partial charge in [0.2, 0.25) is 11.7 Å². The second kappa shape index (κ2) is 9.53. The first-order chi connectivity index (χ1) is 13.2. The number of aromatic nitrogens is 2. The maximum Gasteiger partial charge on any atom is 0.248 e. The quantitative estimate of drug-likeness (QED) is 0.454. The van der Waals surface area contributed by atoms with E-state index in [0.717, 1.165) is 24.6 Å². The molecule has 0 radical (unpaired) electrons. The Kier molecular flexibility index (Phi) is 6.84. The smallest absolute Gasteiger partial charge is 0.248 e. The lowest BCUT2D eigenvalue weighted by Gasteiger charge is -2.14. The van der Waals surface area contributed by atoms with Crippen molar-refractivity contribution in [2.45, 2.75) is 26.3 Å². The molecule has 0 aliphatic heterocycles. The zero-order valence-corrected chi connectivity index (χ0v) is 16.8. The zero-order chi connectivity index (χ0) is 19.1. The van der Waals surface area contributed by atoms with Crippen LogP contribution in [0.1, 0.15) is 30.5 Å². The summed E-state index contributed by atoms with van der Waals surface area (Å²) in [4.78, 5) is 10.3. The van der Waals surface area contributed by atoms with Crippen molar-refractivity contribution in [1.82, 2.24) is 20.8 Å². The molecule has 0 bridgehead atoms. The van der Waals surface area contributed by atoms with Crippen LogP contribution in [0.2, 0.25) is 5.02 Å². The molecule has 0 fully saturated rings. The summed E-state index contributed by atoms with van der Waals surface area (Å²) < 4.78 is 5.31. The number of nitrogens with zero attached hydrogens (tertiary/aromatic N) is 3. The van der Waals surface area contributed by atoms with E-state index in [9.17, 15) is 0 Å². The molecule has 8 heteroatoms. The van der Waals surface area contributed by atoms with E-state index in [1.807, 2.05) is 25.1 Å². The molecule has 2 heterocycles. The summed E-state index contributed by atoms with van der Waals surface area (Å²) in [7, 11) is 0. The van der Waals surface area contributed by atoms with Crippen molar-refractivity contribution < 1.29 is 4.52 Å². The van der Waals surface area contributed by atoms with E-state index in [-0.39, 0.29) is 0 Å². The van der Waals surface area contributed by atoms with Gasteiger partial charge in [0.05, 0.1) is 0 Å². The summed E-state index contributed by atoms with van der Waals surface area (Å²) in [5, 5.41) is 13.3. The molecule has 142 valence electrons. The fourth-order valence-electron chi connectivity index (χ4n) is 2.47. The first kappa shape index (κ1) is 19.4. The molecule has 3 aromatic rings. The fourth-order valence-corrected chi connectivity index (χ4v) is 3.45. The molecule has 3 rings (SSSR count). The van der Waals surface area contributed by atoms with E-state index >= 15 is 0 Å². The predicted molar refractivity (Wildman–Crippen MR) is 110 cm³/mol. The standard InChI is InChI=1S/C19H22ClN5OS/c1-3-21-19(22-11-13(2)16-8-5-9-27-16)23-12-17-24-18(25-26-17)14-6-4-7-15(20)10-14/h4-10,13H,3,11-12H2,1-2H3,(H2,21,22,23). The van der Waals surface area contributed by atoms with Crippen LogP contribution in [0, 0.1) is 0 Å². The molecule has 0 amide bonds. The Balaban J connectivity index is 1.61. The van der Waals surface area contributed by atoms with Gasteiger partial charge < -0.3 is 15.2 Å². The Morgan fingerprint density at radius 2 is 2.19 bits per heavy atom. The average Bonchev–Trinajstić information content (AvgIpc) is 3.36. The second-order valence-corrected chi connectivity index (χ2v) is 7.43. The normalized spacial score (nSPS) is 12.8. The molecule has 1 atom stereocenters. The summed E-state index contributed by atoms with van der Waals surface area (Å²) in [5.41, 5.74) is 0.816. The van der Waals surface area contributed by atoms with Crippen LogP contribution in [0.4, 0.5) is 0 Å². The van der Waals surface area contributed by atoms with Crippen molar-refractivity contribution in [3.63, 3.8) is 0 Å². The molecule has 27 heavy (non-hydrogen) atoms. The Labute approximate surface area is 167 Å². The van der Waals surface area contributed by atoms with E-state index in [1.165, 1.54) is 4.88 Å². The van der Waals surface area contributed by atoms with Gasteiger partial charge in [0, 0.05) is 34.5 Å². The van der Waals surface area contributed by atoms with Gasteiger partial charge in [-0.05, 0) is 30.5 Å². The number of thiophene rings is 1. The van der Waals surface area contributed by atoms with Crippen LogP contribution in [0.15, 0.2) is 51.3 Å². The highest BCUT2D eigenvalue weighted by Gasteiger charge is 2.10. The highest BCUT2D eigenvalue weighted by Crippen LogP contribution is 2.20. The summed E-state index contributed by atoms with van der Waals surface area (Å²) in [6.45, 7) is 6.10. The van der Waals surface area contributed by atoms with Gasteiger partial charge in [-0.1, -0.05) is 41.9 Å². The number of halogens is 1. The second-order valence-electron chi connectivity index (χ2n) is 6.01. The Bertz CT molecular complexity index is 878. The highest BCUT2D eigenvalue weighted by atomic mass is 35.5. The molecule has 1 unspecified atom stereocenters. The molecule has 0 aliphatic rings. The van der Waals surface area contributed by atoms with Crippen molar-refractivity contribution in [2.24, 2.45) is 4.99 Å². The lowest BCUT2D eigenvalue weighted by atomic mass is 10.1. The summed E-state index contributed by atoms with van der Waals surface area (Å²) in [5.74, 6) is 2.09. The minimum Gasteiger partial charge on any atom is -0.357 e. The summed E-state index contributed by atoms with van der Waals surface area (Å²) in [6.07, 6.45) is 0. The van der Waals surface area contributed by atoms with Gasteiger partial charge in [-0.15, -0.1) is 11.3 Å². The van der Waals surface area contributed by atoms with E-state index in [2.05, 4.69) is 50.2 Å². The largest absolute Gasteiger partial charge is 0.357 e. The third-order valence-corrected chi connectivity index (χ3v) is 5.21. The van der Waals surface area contributed by atoms with Crippen molar-refractivity contribution in [1.29, 1.82) is 0 Å². The highest BCUT2D eigenvalue weighted by molar-refractivity contribution is 7.10. The van der Waals surface area contributed by atoms with Crippen LogP contribution in [-0.4, -0.2) is 29.2 Å². The van der Waals surface area contributed by atoms with Crippen molar-refractivity contribution in [2.75, 3.05) is 13.1 Å². The first-order valence-electron chi connectivity index (χ1n) is 8.79. The van der Waals surface area contributed by atoms with Crippen LogP contribution in [0.3, 0.4) is 0 Å². The molecule has 0 saturated carbocycles. The maximum absolute atomic E-state index is 6.01. The lowest BCUT2D eigenvalue weighted by molar-refractivity contribution is 0.380. The molecular weight excluding hydrogens is 382 g/mol. The molecule has 2 N–H and O–H groups in total. The summed E-state index contributed by atoms with van der Waals surface area (Å²) >= 11 is 7.78. The molecule has 0 saturated heterocycles. The Morgan fingerprint density at radius 1 is 1.30 bits per heavy atom. The van der Waals surface area contributed by atoms with Crippen LogP contribution in [0.5, 0.6) is 0 Å². The number of rotatable bonds is 7. The average molecular weight is 404 g/mol. The Morgan fingerprint density at radius 3 is 2.93 bits per heavy atom. The molecule has 0 spiro atoms. The summed E-state index contributed by atoms with van der Waals surface area (Å²) in [6, 6.07) is 11.6. The number of aliphatic imine (C=N–C) groups is 1. The SMILES string of the molecule is CCNC(=NCc1nc(-c2cccc(Cl)c2)no1)NCC(C)c1cccs1. The van der Waals surface area contributed by atoms with Crippen LogP contribution in [0.25, 0.3) is 11.4 Å². The molecular formula is C19H22ClN5OS. The first-order valence-corrected chi connectivity index (χ1v) is 10.1. The van der Waals surface area contributed by atoms with Gasteiger partial charge in [-0.25, -0.2) is 4.99 Å². The van der Waals surface area contributed by atoms with Gasteiger partial charge in [0.1, 0.15) is 6.54 Å². The third kappa shape index (κ3) is 5.55. The Hall–Kier alpha value is -2.38. The predicted octanol–water partition coefficient (Wildman–Crippen LogP) is 4.31. The van der Waals surface area contributed by atoms with Gasteiger partial charge in [-0.2, -0.15) is 4.98 Å². The van der Waals surface area contributed by atoms with Gasteiger partial charge in [0.15, 0.2) is 5.96 Å². The van der Waals surface area contributed by atoms with Gasteiger partial charge >= 0.3 is 0 Å². The van der Waals surface area contributed by atoms with Gasteiger partial charge in [-0.3, -0.25) is 0 Å². The van der Waals surface area contributed by atoms with Crippen LogP contribution >= 0.6 is 22.9 Å². The minimum absolute atomic E-state index is 0.302. The number of benzene rings is 1. The van der Waals surface area contributed by atoms with E-state index in [0.29, 0.717) is 29.2 Å². The fraction of sp³-hybridized carbons (Fsp3) is 0.316. The lowest BCUT2D eigenvalue weighted by Crippen LogP contribution is -2.39. The third-order valence-electron chi connectivity index (χ3n) is 3.87. The number of nitrogens with one attached hydrogen (secondary N) is 2. The van der Waals surface area contributed by atoms with Crippen molar-refractivity contribution >= 4 is 28.9 Å². The van der Waals surface area contributed by atoms with Crippen LogP contribution < -0.4 is 10.6 Å². The zero-order valence-electron chi connectivity index (χ0n) is 15.3. The molecule has 2 aromatic heterocycles. The number of hydrogen-bond donors (Lipinski definition) is 2. The van der Waals surface area contributed by atoms with E-state index in [4.69, 9.17) is 16.1 Å². The van der Waals surface area contributed by atoms with E-state index in [1.54, 1.807) is 17.4 Å². The maximum atomic E-state index is 6.01. The van der Waals surface area contributed by atoms with Crippen LogP contribution in [-0.2, 0) is 6.54 Å². The number of guanidine groups is 1. The van der Waals surface area contributed by atoms with Gasteiger partial charge in [0.25, 0.3) is 0 Å². The molecule has 0 aliphatic carbocycles. The van der Waals surface area contributed by atoms with E-state index < -0.39 is 0 Å². The minimum atomic E-state index is 0.302. The van der Waals surface area contributed by atoms with Crippen molar-refractivity contribution in [3.8, 4) is 11.4 Å². The number of hydrogen-bond acceptors (Lipinski definition) is 5.